The molecular formula is C20H25BrN6O. The van der Waals surface area contributed by atoms with Crippen molar-refractivity contribution in [3.05, 3.63) is 58.8 Å². The second-order valence-corrected chi connectivity index (χ2v) is 7.38. The predicted octanol–water partition coefficient (Wildman–Crippen LogP) is 2.02. The Balaban J connectivity index is 1.40. The number of aromatic nitrogens is 1. The van der Waals surface area contributed by atoms with Gasteiger partial charge < -0.3 is 20.9 Å². The van der Waals surface area contributed by atoms with Crippen LogP contribution in [-0.2, 0) is 0 Å². The lowest BCUT2D eigenvalue weighted by molar-refractivity contribution is 0.0954. The third-order valence-corrected chi connectivity index (χ3v) is 5.24. The Hall–Kier alpha value is -2.61. The highest BCUT2D eigenvalue weighted by Gasteiger charge is 2.24. The highest BCUT2D eigenvalue weighted by molar-refractivity contribution is 9.10. The molecule has 1 aromatic heterocycles. The van der Waals surface area contributed by atoms with Gasteiger partial charge in [-0.2, -0.15) is 0 Å². The summed E-state index contributed by atoms with van der Waals surface area (Å²) in [4.78, 5) is 22.6. The first-order valence-corrected chi connectivity index (χ1v) is 10.1. The molecule has 0 radical (unpaired) electrons. The van der Waals surface area contributed by atoms with Crippen molar-refractivity contribution in [1.82, 2.24) is 20.9 Å². The SMILES string of the molecule is CN=C(NCCNC(=O)c1cccnc1)NC1CCN(c2ccccc2Br)C1. The van der Waals surface area contributed by atoms with Gasteiger partial charge in [-0.15, -0.1) is 0 Å². The lowest BCUT2D eigenvalue weighted by atomic mass is 10.2. The number of aliphatic imine (C=N–C) groups is 1. The van der Waals surface area contributed by atoms with Gasteiger partial charge in [0.2, 0.25) is 0 Å². The molecule has 3 N–H and O–H groups in total. The number of hydrogen-bond donors (Lipinski definition) is 3. The van der Waals surface area contributed by atoms with Crippen LogP contribution >= 0.6 is 15.9 Å². The Morgan fingerprint density at radius 2 is 2.07 bits per heavy atom. The van der Waals surface area contributed by atoms with Gasteiger partial charge >= 0.3 is 0 Å². The Kier molecular flexibility index (Phi) is 7.25. The van der Waals surface area contributed by atoms with Crippen LogP contribution in [0.15, 0.2) is 58.3 Å². The minimum atomic E-state index is -0.127. The van der Waals surface area contributed by atoms with Crippen molar-refractivity contribution in [2.75, 3.05) is 38.1 Å². The molecule has 3 rings (SSSR count). The number of nitrogens with one attached hydrogen (secondary N) is 3. The molecule has 0 spiro atoms. The van der Waals surface area contributed by atoms with E-state index in [1.54, 1.807) is 31.6 Å². The highest BCUT2D eigenvalue weighted by Crippen LogP contribution is 2.28. The van der Waals surface area contributed by atoms with Crippen molar-refractivity contribution >= 4 is 33.5 Å². The molecule has 1 atom stereocenters. The summed E-state index contributed by atoms with van der Waals surface area (Å²) < 4.78 is 1.11. The zero-order chi connectivity index (χ0) is 19.8. The fourth-order valence-electron chi connectivity index (χ4n) is 3.15. The maximum atomic E-state index is 12.0. The summed E-state index contributed by atoms with van der Waals surface area (Å²) in [7, 11) is 1.75. The van der Waals surface area contributed by atoms with E-state index in [1.165, 1.54) is 5.69 Å². The fraction of sp³-hybridized carbons (Fsp3) is 0.350. The molecule has 28 heavy (non-hydrogen) atoms. The van der Waals surface area contributed by atoms with E-state index in [0.717, 1.165) is 29.9 Å². The quantitative estimate of drug-likeness (QED) is 0.360. The zero-order valence-corrected chi connectivity index (χ0v) is 17.4. The average Bonchev–Trinajstić information content (AvgIpc) is 3.19. The summed E-state index contributed by atoms with van der Waals surface area (Å²) >= 11 is 3.62. The number of amides is 1. The predicted molar refractivity (Wildman–Crippen MR) is 116 cm³/mol. The van der Waals surface area contributed by atoms with Gasteiger partial charge in [-0.3, -0.25) is 14.8 Å². The number of pyridine rings is 1. The van der Waals surface area contributed by atoms with Gasteiger partial charge in [0, 0.05) is 56.1 Å². The first-order valence-electron chi connectivity index (χ1n) is 9.32. The second-order valence-electron chi connectivity index (χ2n) is 6.52. The van der Waals surface area contributed by atoms with Gasteiger partial charge in [0.15, 0.2) is 5.96 Å². The van der Waals surface area contributed by atoms with Crippen molar-refractivity contribution < 1.29 is 4.79 Å². The average molecular weight is 445 g/mol. The molecule has 148 valence electrons. The maximum Gasteiger partial charge on any atom is 0.252 e. The molecule has 1 aromatic carbocycles. The van der Waals surface area contributed by atoms with Crippen LogP contribution in [0.3, 0.4) is 0 Å². The third kappa shape index (κ3) is 5.45. The number of carbonyl (C=O) groups excluding carboxylic acids is 1. The number of anilines is 1. The lowest BCUT2D eigenvalue weighted by Crippen LogP contribution is -2.46. The molecule has 1 unspecified atom stereocenters. The Morgan fingerprint density at radius 3 is 2.82 bits per heavy atom. The van der Waals surface area contributed by atoms with Gasteiger partial charge in [-0.05, 0) is 46.6 Å². The van der Waals surface area contributed by atoms with Gasteiger partial charge in [0.25, 0.3) is 5.91 Å². The normalized spacial score (nSPS) is 16.7. The molecule has 1 saturated heterocycles. The van der Waals surface area contributed by atoms with E-state index >= 15 is 0 Å². The molecule has 8 heteroatoms. The van der Waals surface area contributed by atoms with Gasteiger partial charge in [-0.25, -0.2) is 0 Å². The summed E-state index contributed by atoms with van der Waals surface area (Å²) in [5.74, 6) is 0.618. The molecular weight excluding hydrogens is 420 g/mol. The molecule has 1 amide bonds. The summed E-state index contributed by atoms with van der Waals surface area (Å²) in [6, 6.07) is 12.1. The van der Waals surface area contributed by atoms with E-state index in [4.69, 9.17) is 0 Å². The third-order valence-electron chi connectivity index (χ3n) is 4.57. The molecule has 2 heterocycles. The minimum Gasteiger partial charge on any atom is -0.368 e. The number of para-hydroxylation sites is 1. The van der Waals surface area contributed by atoms with Crippen LogP contribution in [0.25, 0.3) is 0 Å². The van der Waals surface area contributed by atoms with Gasteiger partial charge in [0.1, 0.15) is 0 Å². The molecule has 1 fully saturated rings. The summed E-state index contributed by atoms with van der Waals surface area (Å²) in [5.41, 5.74) is 1.77. The van der Waals surface area contributed by atoms with E-state index in [1.807, 2.05) is 6.07 Å². The van der Waals surface area contributed by atoms with E-state index < -0.39 is 0 Å². The number of carbonyl (C=O) groups is 1. The zero-order valence-electron chi connectivity index (χ0n) is 15.9. The highest BCUT2D eigenvalue weighted by atomic mass is 79.9. The molecule has 1 aliphatic heterocycles. The first-order chi connectivity index (χ1) is 13.7. The molecule has 0 aliphatic carbocycles. The topological polar surface area (TPSA) is 81.6 Å². The molecule has 0 saturated carbocycles. The van der Waals surface area contributed by atoms with Gasteiger partial charge in [0.05, 0.1) is 11.3 Å². The van der Waals surface area contributed by atoms with Gasteiger partial charge in [-0.1, -0.05) is 12.1 Å². The first kappa shape index (κ1) is 20.1. The molecule has 2 aromatic rings. The summed E-state index contributed by atoms with van der Waals surface area (Å²) in [5, 5.41) is 9.58. The Bertz CT molecular complexity index is 813. The number of halogens is 1. The van der Waals surface area contributed by atoms with Crippen molar-refractivity contribution in [3.63, 3.8) is 0 Å². The van der Waals surface area contributed by atoms with Crippen molar-refractivity contribution in [2.45, 2.75) is 12.5 Å². The molecule has 0 bridgehead atoms. The van der Waals surface area contributed by atoms with E-state index in [0.29, 0.717) is 24.7 Å². The largest absolute Gasteiger partial charge is 0.368 e. The molecule has 7 nitrogen and oxygen atoms in total. The number of rotatable bonds is 6. The number of benzene rings is 1. The number of nitrogens with zero attached hydrogens (tertiary/aromatic N) is 3. The maximum absolute atomic E-state index is 12.0. The van der Waals surface area contributed by atoms with E-state index in [-0.39, 0.29) is 5.91 Å². The van der Waals surface area contributed by atoms with Crippen molar-refractivity contribution in [1.29, 1.82) is 0 Å². The Labute approximate surface area is 173 Å². The van der Waals surface area contributed by atoms with Crippen LogP contribution in [0.1, 0.15) is 16.8 Å². The monoisotopic (exact) mass is 444 g/mol. The van der Waals surface area contributed by atoms with Crippen LogP contribution in [-0.4, -0.2) is 56.1 Å². The number of hydrogen-bond acceptors (Lipinski definition) is 4. The van der Waals surface area contributed by atoms with Crippen LogP contribution in [0, 0.1) is 0 Å². The van der Waals surface area contributed by atoms with Crippen LogP contribution < -0.4 is 20.9 Å². The molecule has 1 aliphatic rings. The van der Waals surface area contributed by atoms with E-state index in [9.17, 15) is 4.79 Å². The van der Waals surface area contributed by atoms with Crippen molar-refractivity contribution in [2.24, 2.45) is 4.99 Å². The van der Waals surface area contributed by atoms with E-state index in [2.05, 4.69) is 65.0 Å². The van der Waals surface area contributed by atoms with Crippen LogP contribution in [0.5, 0.6) is 0 Å². The minimum absolute atomic E-state index is 0.127. The van der Waals surface area contributed by atoms with Crippen LogP contribution in [0.4, 0.5) is 5.69 Å². The van der Waals surface area contributed by atoms with Crippen molar-refractivity contribution in [3.8, 4) is 0 Å². The summed E-state index contributed by atoms with van der Waals surface area (Å²) in [6.07, 6.45) is 4.24. The Morgan fingerprint density at radius 1 is 1.25 bits per heavy atom. The smallest absolute Gasteiger partial charge is 0.252 e. The van der Waals surface area contributed by atoms with Crippen LogP contribution in [0.2, 0.25) is 0 Å². The number of guanidine groups is 1. The summed E-state index contributed by atoms with van der Waals surface area (Å²) in [6.45, 7) is 3.01. The second kappa shape index (κ2) is 10.1. The lowest BCUT2D eigenvalue weighted by Gasteiger charge is -2.21. The standard InChI is InChI=1S/C20H25BrN6O/c1-22-20(25-11-10-24-19(28)15-5-4-9-23-13-15)26-16-8-12-27(14-16)18-7-3-2-6-17(18)21/h2-7,9,13,16H,8,10-12,14H2,1H3,(H,24,28)(H2,22,25,26). The fourth-order valence-corrected chi connectivity index (χ4v) is 3.68.